The number of aliphatic hydroxyl groups is 2. The number of carbonyl (C=O) groups excluding carboxylic acids is 4. The first kappa shape index (κ1) is 40.1. The quantitative estimate of drug-likeness (QED) is 0.202. The van der Waals surface area contributed by atoms with Crippen LogP contribution in [-0.2, 0) is 38.1 Å². The van der Waals surface area contributed by atoms with E-state index in [-0.39, 0.29) is 60.5 Å². The number of benzene rings is 1. The molecule has 7 bridgehead atoms. The fraction of sp³-hybridized carbons (Fsp3) is 0.756. The van der Waals surface area contributed by atoms with Gasteiger partial charge in [0.25, 0.3) is 0 Å². The van der Waals surface area contributed by atoms with Crippen molar-refractivity contribution in [2.24, 2.45) is 52.1 Å². The van der Waals surface area contributed by atoms with Gasteiger partial charge in [0.2, 0.25) is 11.8 Å². The summed E-state index contributed by atoms with van der Waals surface area (Å²) in [6.45, 7) is 8.41. The van der Waals surface area contributed by atoms with Crippen molar-refractivity contribution in [2.75, 3.05) is 46.3 Å². The Morgan fingerprint density at radius 2 is 1.76 bits per heavy atom. The number of amides is 2. The molecule has 6 aliphatic rings. The summed E-state index contributed by atoms with van der Waals surface area (Å²) in [6.07, 6.45) is 0.0446. The third-order valence-electron chi connectivity index (χ3n) is 15.1. The highest BCUT2D eigenvalue weighted by Crippen LogP contribution is 2.80. The average molecular weight is 770 g/mol. The summed E-state index contributed by atoms with van der Waals surface area (Å²) >= 11 is 0. The Bertz CT molecular complexity index is 1690. The number of likely N-dealkylation sites (N-methyl/N-ethyl adjacent to an activating group) is 1. The molecule has 0 aromatic heterocycles. The molecule has 55 heavy (non-hydrogen) atoms. The normalized spacial score (nSPS) is 41.9. The van der Waals surface area contributed by atoms with E-state index in [0.717, 1.165) is 0 Å². The smallest absolute Gasteiger partial charge is 0.340 e. The second-order valence-corrected chi connectivity index (χ2v) is 17.4. The topological polar surface area (TPSA) is 196 Å². The number of nitrogens with two attached hydrogens (primary N) is 1. The number of nitrogens with one attached hydrogen (secondary N) is 1. The fourth-order valence-electron chi connectivity index (χ4n) is 13.0. The second kappa shape index (κ2) is 14.4. The van der Waals surface area contributed by atoms with Gasteiger partial charge < -0.3 is 44.9 Å². The van der Waals surface area contributed by atoms with Crippen LogP contribution in [0.3, 0.4) is 0 Å². The molecule has 7 rings (SSSR count). The third-order valence-corrected chi connectivity index (χ3v) is 15.1. The van der Waals surface area contributed by atoms with Crippen molar-refractivity contribution < 1.29 is 53.1 Å². The highest BCUT2D eigenvalue weighted by Gasteiger charge is 2.92. The Kier molecular flexibility index (Phi) is 10.5. The van der Waals surface area contributed by atoms with Crippen LogP contribution in [0.5, 0.6) is 0 Å². The zero-order valence-electron chi connectivity index (χ0n) is 33.1. The lowest BCUT2D eigenvalue weighted by Crippen LogP contribution is -2.82. The summed E-state index contributed by atoms with van der Waals surface area (Å²) in [7, 11) is 4.88. The molecule has 0 radical (unpaired) electrons. The predicted molar refractivity (Wildman–Crippen MR) is 198 cm³/mol. The molecule has 1 aromatic carbocycles. The largest absolute Gasteiger partial charge is 0.461 e. The van der Waals surface area contributed by atoms with Gasteiger partial charge in [-0.25, -0.2) is 4.79 Å². The van der Waals surface area contributed by atoms with Gasteiger partial charge in [-0.15, -0.1) is 0 Å². The molecule has 2 amide bonds. The van der Waals surface area contributed by atoms with Gasteiger partial charge in [-0.3, -0.25) is 19.3 Å². The highest BCUT2D eigenvalue weighted by molar-refractivity contribution is 6.02. The summed E-state index contributed by atoms with van der Waals surface area (Å²) < 4.78 is 31.7. The first-order chi connectivity index (χ1) is 26.1. The molecule has 5 aliphatic carbocycles. The van der Waals surface area contributed by atoms with Gasteiger partial charge in [-0.2, -0.15) is 0 Å². The van der Waals surface area contributed by atoms with Crippen LogP contribution in [0.15, 0.2) is 24.3 Å². The van der Waals surface area contributed by atoms with E-state index in [9.17, 15) is 29.4 Å². The SMILES string of the molecule is CC[C@@H](C)C(=O)O[C@H]1[C@@H]2C[C@@H]3[C@H]1[C@](O)(C[C@H]2OC)[C@@]1(O)[C@H](OC)[C@@H]2[C@@]4(COC(=O)c5ccccc5NC(=O)[C@@H](C)CC(N)=O)CC[C@@H](OC)[C@@]32[C@@H]1N(CC)C4. The number of hydrogen-bond donors (Lipinski definition) is 4. The van der Waals surface area contributed by atoms with Gasteiger partial charge in [-0.05, 0) is 50.3 Å². The van der Waals surface area contributed by atoms with Crippen LogP contribution in [0, 0.1) is 46.3 Å². The molecule has 1 heterocycles. The van der Waals surface area contributed by atoms with E-state index < -0.39 is 81.9 Å². The van der Waals surface area contributed by atoms with Gasteiger partial charge in [0.05, 0.1) is 48.1 Å². The standard InChI is InChI=1S/C41H59N3O11/c1-8-21(3)35(47)55-31-24-17-25-30(31)39(49,18-27(24)51-5)41(50)33(53-7)32-38(15-14-28(52-6)40(25,32)37(41)44(9-2)19-38)20-54-36(48)23-12-10-11-13-26(23)43-34(46)22(4)16-29(42)45/h10-13,21-22,24-25,27-28,30-33,37,49-50H,8-9,14-20H2,1-7H3,(H2,42,45)(H,43,46)/t21-,22+,24-,25-,27-,28-,30-,31+,32-,33-,37+,38+,39-,40+,41-/m1/s1. The lowest BCUT2D eigenvalue weighted by Gasteiger charge is -2.70. The number of para-hydroxylation sites is 1. The first-order valence-corrected chi connectivity index (χ1v) is 20.0. The van der Waals surface area contributed by atoms with Crippen LogP contribution in [0.4, 0.5) is 5.69 Å². The molecule has 1 spiro atoms. The van der Waals surface area contributed by atoms with E-state index in [4.69, 9.17) is 29.4 Å². The number of ether oxygens (including phenoxy) is 5. The predicted octanol–water partition coefficient (Wildman–Crippen LogP) is 2.53. The van der Waals surface area contributed by atoms with E-state index in [0.29, 0.717) is 38.8 Å². The maximum absolute atomic E-state index is 14.1. The minimum atomic E-state index is -1.83. The fourth-order valence-corrected chi connectivity index (χ4v) is 13.0. The average Bonchev–Trinajstić information content (AvgIpc) is 3.56. The van der Waals surface area contributed by atoms with Crippen molar-refractivity contribution >= 4 is 29.4 Å². The maximum Gasteiger partial charge on any atom is 0.340 e. The number of likely N-dealkylation sites (tertiary alicyclic amines) is 1. The zero-order valence-corrected chi connectivity index (χ0v) is 33.1. The summed E-state index contributed by atoms with van der Waals surface area (Å²) in [4.78, 5) is 54.2. The van der Waals surface area contributed by atoms with Crippen LogP contribution in [0.2, 0.25) is 0 Å². The van der Waals surface area contributed by atoms with Crippen molar-refractivity contribution in [3.63, 3.8) is 0 Å². The number of methoxy groups -OCH3 is 3. The molecule has 1 saturated heterocycles. The number of rotatable bonds is 14. The Morgan fingerprint density at radius 1 is 1.04 bits per heavy atom. The van der Waals surface area contributed by atoms with Crippen molar-refractivity contribution in [3.8, 4) is 0 Å². The molecule has 1 aromatic rings. The van der Waals surface area contributed by atoms with Crippen LogP contribution in [-0.4, -0.2) is 122 Å². The van der Waals surface area contributed by atoms with Crippen LogP contribution in [0.1, 0.15) is 76.6 Å². The van der Waals surface area contributed by atoms with Crippen LogP contribution in [0.25, 0.3) is 0 Å². The van der Waals surface area contributed by atoms with Crippen molar-refractivity contribution in [1.82, 2.24) is 4.90 Å². The zero-order chi connectivity index (χ0) is 39.8. The van der Waals surface area contributed by atoms with Crippen LogP contribution >= 0.6 is 0 Å². The number of primary amides is 1. The molecule has 14 nitrogen and oxygen atoms in total. The molecule has 6 fully saturated rings. The van der Waals surface area contributed by atoms with Gasteiger partial charge in [0.15, 0.2) is 0 Å². The summed E-state index contributed by atoms with van der Waals surface area (Å²) in [6, 6.07) is 6.00. The number of fused-ring (bicyclic) bond motifs is 2. The number of nitrogens with zero attached hydrogens (tertiary/aromatic N) is 1. The molecule has 304 valence electrons. The van der Waals surface area contributed by atoms with E-state index in [2.05, 4.69) is 10.2 Å². The van der Waals surface area contributed by atoms with Gasteiger partial charge in [-0.1, -0.05) is 39.8 Å². The minimum absolute atomic E-state index is 0.0133. The number of esters is 2. The molecule has 5 saturated carbocycles. The minimum Gasteiger partial charge on any atom is -0.461 e. The Hall–Kier alpha value is -3.14. The molecule has 15 atom stereocenters. The van der Waals surface area contributed by atoms with E-state index in [1.807, 2.05) is 20.8 Å². The Balaban J connectivity index is 1.30. The molecule has 1 aliphatic heterocycles. The van der Waals surface area contributed by atoms with Gasteiger partial charge in [0, 0.05) is 75.2 Å². The summed E-state index contributed by atoms with van der Waals surface area (Å²) in [5, 5.41) is 29.8. The Morgan fingerprint density at radius 3 is 2.40 bits per heavy atom. The van der Waals surface area contributed by atoms with Gasteiger partial charge in [0.1, 0.15) is 17.3 Å². The summed E-state index contributed by atoms with van der Waals surface area (Å²) in [5.41, 5.74) is 0.641. The number of piperidine rings is 1. The van der Waals surface area contributed by atoms with E-state index in [1.165, 1.54) is 0 Å². The maximum atomic E-state index is 14.1. The molecule has 5 N–H and O–H groups in total. The third kappa shape index (κ3) is 5.48. The Labute approximate surface area is 323 Å². The molecular weight excluding hydrogens is 710 g/mol. The van der Waals surface area contributed by atoms with Gasteiger partial charge >= 0.3 is 11.9 Å². The van der Waals surface area contributed by atoms with Crippen molar-refractivity contribution in [1.29, 1.82) is 0 Å². The number of hydrogen-bond acceptors (Lipinski definition) is 12. The van der Waals surface area contributed by atoms with Crippen molar-refractivity contribution in [3.05, 3.63) is 29.8 Å². The monoisotopic (exact) mass is 769 g/mol. The lowest BCUT2D eigenvalue weighted by molar-refractivity contribution is -0.319. The highest BCUT2D eigenvalue weighted by atomic mass is 16.6. The first-order valence-electron chi connectivity index (χ1n) is 20.0. The lowest BCUT2D eigenvalue weighted by atomic mass is 9.42. The number of anilines is 1. The molecule has 14 heteroatoms. The summed E-state index contributed by atoms with van der Waals surface area (Å²) in [5.74, 6) is -4.54. The molecular formula is C41H59N3O11. The van der Waals surface area contributed by atoms with Crippen molar-refractivity contribution in [2.45, 2.75) is 108 Å². The number of carbonyl (C=O) groups is 4. The molecule has 0 unspecified atom stereocenters. The van der Waals surface area contributed by atoms with E-state index >= 15 is 0 Å². The second-order valence-electron chi connectivity index (χ2n) is 17.4. The van der Waals surface area contributed by atoms with Crippen LogP contribution < -0.4 is 11.1 Å². The van der Waals surface area contributed by atoms with E-state index in [1.54, 1.807) is 52.5 Å².